The standard InChI is InChI=1S/C9H22N2O/c1-11(2)7-6-9(10)5-4-8-12-3/h9H,4-8,10H2,1-3H3. The lowest BCUT2D eigenvalue weighted by Crippen LogP contribution is -2.26. The van der Waals surface area contributed by atoms with Crippen LogP contribution in [0.3, 0.4) is 0 Å². The summed E-state index contributed by atoms with van der Waals surface area (Å²) >= 11 is 0. The van der Waals surface area contributed by atoms with Gasteiger partial charge in [-0.1, -0.05) is 0 Å². The van der Waals surface area contributed by atoms with E-state index in [1.165, 1.54) is 0 Å². The summed E-state index contributed by atoms with van der Waals surface area (Å²) in [5.74, 6) is 0. The lowest BCUT2D eigenvalue weighted by Gasteiger charge is -2.14. The zero-order valence-electron chi connectivity index (χ0n) is 8.55. The molecule has 1 unspecified atom stereocenters. The quantitative estimate of drug-likeness (QED) is 0.577. The van der Waals surface area contributed by atoms with Gasteiger partial charge in [0.1, 0.15) is 0 Å². The molecule has 0 aromatic rings. The second-order valence-electron chi connectivity index (χ2n) is 3.49. The van der Waals surface area contributed by atoms with Gasteiger partial charge in [0.05, 0.1) is 0 Å². The van der Waals surface area contributed by atoms with Crippen LogP contribution in [-0.4, -0.2) is 45.3 Å². The minimum Gasteiger partial charge on any atom is -0.385 e. The van der Waals surface area contributed by atoms with Crippen molar-refractivity contribution in [3.63, 3.8) is 0 Å². The Kier molecular flexibility index (Phi) is 7.45. The van der Waals surface area contributed by atoms with E-state index in [1.54, 1.807) is 7.11 Å². The number of nitrogens with zero attached hydrogens (tertiary/aromatic N) is 1. The Morgan fingerprint density at radius 1 is 1.33 bits per heavy atom. The minimum absolute atomic E-state index is 0.336. The normalized spacial score (nSPS) is 13.8. The zero-order chi connectivity index (χ0) is 9.40. The van der Waals surface area contributed by atoms with E-state index in [0.29, 0.717) is 6.04 Å². The van der Waals surface area contributed by atoms with E-state index in [4.69, 9.17) is 10.5 Å². The van der Waals surface area contributed by atoms with Crippen LogP contribution in [0.4, 0.5) is 0 Å². The Morgan fingerprint density at radius 3 is 2.50 bits per heavy atom. The van der Waals surface area contributed by atoms with E-state index in [1.807, 2.05) is 0 Å². The molecule has 0 rings (SSSR count). The first kappa shape index (κ1) is 11.9. The van der Waals surface area contributed by atoms with Crippen molar-refractivity contribution in [2.75, 3.05) is 34.4 Å². The number of hydrogen-bond donors (Lipinski definition) is 1. The molecule has 0 radical (unpaired) electrons. The fourth-order valence-corrected chi connectivity index (χ4v) is 1.06. The van der Waals surface area contributed by atoms with Crippen LogP contribution in [0.2, 0.25) is 0 Å². The first-order valence-corrected chi connectivity index (χ1v) is 4.56. The lowest BCUT2D eigenvalue weighted by atomic mass is 10.1. The van der Waals surface area contributed by atoms with Crippen molar-refractivity contribution in [1.82, 2.24) is 4.90 Å². The molecule has 12 heavy (non-hydrogen) atoms. The largest absolute Gasteiger partial charge is 0.385 e. The predicted octanol–water partition coefficient (Wildman–Crippen LogP) is 0.692. The highest BCUT2D eigenvalue weighted by Gasteiger charge is 2.02. The van der Waals surface area contributed by atoms with Gasteiger partial charge < -0.3 is 15.4 Å². The van der Waals surface area contributed by atoms with Gasteiger partial charge in [0, 0.05) is 19.8 Å². The molecule has 0 bridgehead atoms. The summed E-state index contributed by atoms with van der Waals surface area (Å²) in [6.45, 7) is 1.91. The topological polar surface area (TPSA) is 38.5 Å². The molecule has 3 nitrogen and oxygen atoms in total. The molecule has 0 aliphatic rings. The molecule has 0 saturated heterocycles. The summed E-state index contributed by atoms with van der Waals surface area (Å²) in [5.41, 5.74) is 5.88. The van der Waals surface area contributed by atoms with E-state index < -0.39 is 0 Å². The zero-order valence-corrected chi connectivity index (χ0v) is 8.55. The van der Waals surface area contributed by atoms with Crippen molar-refractivity contribution in [2.24, 2.45) is 5.73 Å². The van der Waals surface area contributed by atoms with Crippen molar-refractivity contribution in [3.8, 4) is 0 Å². The minimum atomic E-state index is 0.336. The fraction of sp³-hybridized carbons (Fsp3) is 1.00. The maximum absolute atomic E-state index is 5.88. The SMILES string of the molecule is COCCCC(N)CCN(C)C. The molecule has 0 heterocycles. The molecular weight excluding hydrogens is 152 g/mol. The molecule has 74 valence electrons. The van der Waals surface area contributed by atoms with Gasteiger partial charge in [0.25, 0.3) is 0 Å². The second-order valence-corrected chi connectivity index (χ2v) is 3.49. The Balaban J connectivity index is 3.15. The van der Waals surface area contributed by atoms with Crippen molar-refractivity contribution < 1.29 is 4.74 Å². The molecule has 0 aliphatic carbocycles. The maximum Gasteiger partial charge on any atom is 0.0462 e. The molecule has 0 fully saturated rings. The van der Waals surface area contributed by atoms with Gasteiger partial charge in [0.2, 0.25) is 0 Å². The van der Waals surface area contributed by atoms with Gasteiger partial charge in [-0.05, 0) is 39.9 Å². The van der Waals surface area contributed by atoms with E-state index in [0.717, 1.165) is 32.4 Å². The highest BCUT2D eigenvalue weighted by Crippen LogP contribution is 1.99. The summed E-state index contributed by atoms with van der Waals surface area (Å²) in [6.07, 6.45) is 3.23. The average molecular weight is 174 g/mol. The van der Waals surface area contributed by atoms with E-state index in [9.17, 15) is 0 Å². The first-order chi connectivity index (χ1) is 5.66. The highest BCUT2D eigenvalue weighted by molar-refractivity contribution is 4.62. The summed E-state index contributed by atoms with van der Waals surface area (Å²) in [4.78, 5) is 2.16. The van der Waals surface area contributed by atoms with Crippen molar-refractivity contribution >= 4 is 0 Å². The van der Waals surface area contributed by atoms with Crippen LogP contribution in [0, 0.1) is 0 Å². The smallest absolute Gasteiger partial charge is 0.0462 e. The second kappa shape index (κ2) is 7.53. The van der Waals surface area contributed by atoms with Crippen LogP contribution in [0.5, 0.6) is 0 Å². The maximum atomic E-state index is 5.88. The third-order valence-corrected chi connectivity index (χ3v) is 1.87. The molecule has 0 aromatic heterocycles. The molecule has 0 saturated carbocycles. The fourth-order valence-electron chi connectivity index (χ4n) is 1.06. The molecule has 2 N–H and O–H groups in total. The molecular formula is C9H22N2O. The van der Waals surface area contributed by atoms with Gasteiger partial charge in [-0.2, -0.15) is 0 Å². The van der Waals surface area contributed by atoms with Crippen molar-refractivity contribution in [1.29, 1.82) is 0 Å². The third kappa shape index (κ3) is 7.98. The van der Waals surface area contributed by atoms with Crippen molar-refractivity contribution in [2.45, 2.75) is 25.3 Å². The Hall–Kier alpha value is -0.120. The van der Waals surface area contributed by atoms with E-state index in [2.05, 4.69) is 19.0 Å². The van der Waals surface area contributed by atoms with E-state index in [-0.39, 0.29) is 0 Å². The summed E-state index contributed by atoms with van der Waals surface area (Å²) in [5, 5.41) is 0. The predicted molar refractivity (Wildman–Crippen MR) is 52.3 cm³/mol. The Bertz CT molecular complexity index is 96.5. The van der Waals surface area contributed by atoms with Gasteiger partial charge in [0.15, 0.2) is 0 Å². The van der Waals surface area contributed by atoms with Crippen LogP contribution >= 0.6 is 0 Å². The first-order valence-electron chi connectivity index (χ1n) is 4.56. The molecule has 0 aliphatic heterocycles. The number of ether oxygens (including phenoxy) is 1. The third-order valence-electron chi connectivity index (χ3n) is 1.87. The summed E-state index contributed by atoms with van der Waals surface area (Å²) in [6, 6.07) is 0.336. The molecule has 1 atom stereocenters. The van der Waals surface area contributed by atoms with Gasteiger partial charge in [-0.25, -0.2) is 0 Å². The van der Waals surface area contributed by atoms with Gasteiger partial charge >= 0.3 is 0 Å². The molecule has 0 amide bonds. The average Bonchev–Trinajstić information content (AvgIpc) is 2.01. The molecule has 3 heteroatoms. The van der Waals surface area contributed by atoms with Gasteiger partial charge in [-0.15, -0.1) is 0 Å². The number of methoxy groups -OCH3 is 1. The number of nitrogens with two attached hydrogens (primary N) is 1. The summed E-state index contributed by atoms with van der Waals surface area (Å²) < 4.78 is 4.95. The molecule has 0 spiro atoms. The van der Waals surface area contributed by atoms with Crippen molar-refractivity contribution in [3.05, 3.63) is 0 Å². The van der Waals surface area contributed by atoms with Crippen LogP contribution in [0.15, 0.2) is 0 Å². The van der Waals surface area contributed by atoms with Crippen LogP contribution in [0.25, 0.3) is 0 Å². The van der Waals surface area contributed by atoms with Gasteiger partial charge in [-0.3, -0.25) is 0 Å². The van der Waals surface area contributed by atoms with Crippen LogP contribution < -0.4 is 5.73 Å². The highest BCUT2D eigenvalue weighted by atomic mass is 16.5. The summed E-state index contributed by atoms with van der Waals surface area (Å²) in [7, 11) is 5.87. The molecule has 0 aromatic carbocycles. The van der Waals surface area contributed by atoms with Crippen LogP contribution in [-0.2, 0) is 4.74 Å². The monoisotopic (exact) mass is 174 g/mol. The van der Waals surface area contributed by atoms with E-state index >= 15 is 0 Å². The Labute approximate surface area is 75.9 Å². The number of hydrogen-bond acceptors (Lipinski definition) is 3. The Morgan fingerprint density at radius 2 is 2.00 bits per heavy atom. The van der Waals surface area contributed by atoms with Crippen LogP contribution in [0.1, 0.15) is 19.3 Å². The lowest BCUT2D eigenvalue weighted by molar-refractivity contribution is 0.189. The number of rotatable bonds is 7.